The Balaban J connectivity index is 1.26. The van der Waals surface area contributed by atoms with E-state index in [0.29, 0.717) is 0 Å². The van der Waals surface area contributed by atoms with Gasteiger partial charge in [-0.3, -0.25) is 4.57 Å². The van der Waals surface area contributed by atoms with E-state index in [9.17, 15) is 0 Å². The normalized spacial score (nSPS) is 12.5. The summed E-state index contributed by atoms with van der Waals surface area (Å²) in [5.41, 5.74) is 12.0. The Morgan fingerprint density at radius 1 is 0.415 bits per heavy atom. The van der Waals surface area contributed by atoms with Crippen molar-refractivity contribution in [1.82, 2.24) is 19.1 Å². The summed E-state index contributed by atoms with van der Waals surface area (Å²) in [6.07, 6.45) is 0. The molecular formula is C48H26N4S. The smallest absolute Gasteiger partial charge is 0.165 e. The fourth-order valence-corrected chi connectivity index (χ4v) is 10.5. The van der Waals surface area contributed by atoms with Crippen LogP contribution in [0.15, 0.2) is 158 Å². The zero-order chi connectivity index (χ0) is 34.4. The van der Waals surface area contributed by atoms with Gasteiger partial charge in [0.25, 0.3) is 0 Å². The van der Waals surface area contributed by atoms with Crippen molar-refractivity contribution in [3.63, 3.8) is 0 Å². The number of fused-ring (bicyclic) bond motifs is 19. The minimum atomic E-state index is 0.865. The lowest BCUT2D eigenvalue weighted by Crippen LogP contribution is -2.02. The molecule has 1 aliphatic rings. The first-order valence-corrected chi connectivity index (χ1v) is 18.8. The molecule has 0 radical (unpaired) electrons. The van der Waals surface area contributed by atoms with Gasteiger partial charge in [0.05, 0.1) is 37.8 Å². The molecule has 0 fully saturated rings. The molecule has 0 unspecified atom stereocenters. The Bertz CT molecular complexity index is 3580. The molecule has 1 aliphatic heterocycles. The Hall–Kier alpha value is -6.82. The van der Waals surface area contributed by atoms with Gasteiger partial charge in [-0.1, -0.05) is 115 Å². The number of thiophene rings is 1. The average Bonchev–Trinajstić information content (AvgIpc) is 3.86. The second kappa shape index (κ2) is 9.94. The molecule has 5 heteroatoms. The van der Waals surface area contributed by atoms with Gasteiger partial charge in [-0.15, -0.1) is 11.3 Å². The number of aromatic nitrogens is 4. The highest BCUT2D eigenvalue weighted by molar-refractivity contribution is 7.27. The minimum Gasteiger partial charge on any atom is -0.308 e. The van der Waals surface area contributed by atoms with Crippen LogP contribution in [0.1, 0.15) is 0 Å². The van der Waals surface area contributed by atoms with Gasteiger partial charge in [-0.25, -0.2) is 9.97 Å². The number of nitrogens with zero attached hydrogens (tertiary/aromatic N) is 4. The number of rotatable bonds is 1. The van der Waals surface area contributed by atoms with E-state index in [4.69, 9.17) is 9.97 Å². The van der Waals surface area contributed by atoms with Crippen LogP contribution in [0, 0.1) is 0 Å². The minimum absolute atomic E-state index is 0.865. The van der Waals surface area contributed by atoms with E-state index in [2.05, 4.69) is 155 Å². The van der Waals surface area contributed by atoms with Crippen LogP contribution >= 0.6 is 11.3 Å². The molecule has 0 amide bonds. The number of hydrogen-bond acceptors (Lipinski definition) is 3. The van der Waals surface area contributed by atoms with Crippen LogP contribution < -0.4 is 0 Å². The lowest BCUT2D eigenvalue weighted by atomic mass is 9.95. The van der Waals surface area contributed by atoms with Gasteiger partial charge < -0.3 is 4.57 Å². The predicted molar refractivity (Wildman–Crippen MR) is 223 cm³/mol. The second-order valence-corrected chi connectivity index (χ2v) is 15.1. The van der Waals surface area contributed by atoms with Gasteiger partial charge in [0.1, 0.15) is 5.69 Å². The predicted octanol–water partition coefficient (Wildman–Crippen LogP) is 13.0. The third-order valence-electron chi connectivity index (χ3n) is 11.4. The van der Waals surface area contributed by atoms with Crippen molar-refractivity contribution < 1.29 is 0 Å². The van der Waals surface area contributed by atoms with E-state index in [-0.39, 0.29) is 0 Å². The molecule has 5 heterocycles. The highest BCUT2D eigenvalue weighted by Crippen LogP contribution is 2.50. The van der Waals surface area contributed by atoms with Gasteiger partial charge in [-0.2, -0.15) is 0 Å². The molecule has 0 bridgehead atoms. The molecule has 0 N–H and O–H groups in total. The van der Waals surface area contributed by atoms with Crippen molar-refractivity contribution in [2.45, 2.75) is 0 Å². The van der Waals surface area contributed by atoms with Crippen LogP contribution in [0.3, 0.4) is 0 Å². The monoisotopic (exact) mass is 690 g/mol. The van der Waals surface area contributed by atoms with Crippen molar-refractivity contribution in [2.75, 3.05) is 0 Å². The van der Waals surface area contributed by atoms with Gasteiger partial charge in [0, 0.05) is 53.8 Å². The van der Waals surface area contributed by atoms with Crippen molar-refractivity contribution >= 4 is 96.9 Å². The van der Waals surface area contributed by atoms with E-state index in [0.717, 1.165) is 50.4 Å². The Morgan fingerprint density at radius 2 is 1.02 bits per heavy atom. The number of benzene rings is 8. The first-order valence-electron chi connectivity index (χ1n) is 18.0. The lowest BCUT2D eigenvalue weighted by Gasteiger charge is -2.14. The van der Waals surface area contributed by atoms with Crippen LogP contribution in [0.4, 0.5) is 0 Å². The van der Waals surface area contributed by atoms with E-state index in [1.807, 2.05) is 23.5 Å². The van der Waals surface area contributed by atoms with Crippen LogP contribution in [0.2, 0.25) is 0 Å². The SMILES string of the molecule is c1ccc2c(c1)-c1nc3ccccc3nc1-n1c3ccccc3c3cc(-n4c5ccccc5c5c6ccccc6c6c7ccccc7sc6c54)cc-2c31. The molecule has 0 spiro atoms. The zero-order valence-electron chi connectivity index (χ0n) is 28.2. The molecule has 13 rings (SSSR count). The largest absolute Gasteiger partial charge is 0.308 e. The van der Waals surface area contributed by atoms with Gasteiger partial charge in [-0.05, 0) is 58.8 Å². The first-order chi connectivity index (χ1) is 26.3. The van der Waals surface area contributed by atoms with Crippen LogP contribution in [-0.2, 0) is 0 Å². The fraction of sp³-hybridized carbons (Fsp3) is 0. The summed E-state index contributed by atoms with van der Waals surface area (Å²) < 4.78 is 7.53. The van der Waals surface area contributed by atoms with Crippen LogP contribution in [0.25, 0.3) is 119 Å². The standard InChI is InChI=1S/C48H26N4S/c1-4-17-32-28(13-1)35-25-27(26-36-29-14-5-10-22-39(29)52(45(35)36)48-44(32)49-37-20-8-9-21-38(37)50-48)51-40-23-11-6-18-33(40)42-30-15-2-3-16-31(30)43-34-19-7-12-24-41(34)53-47(43)46(42)51/h1-26H. The maximum absolute atomic E-state index is 5.36. The average molecular weight is 691 g/mol. The van der Waals surface area contributed by atoms with Crippen LogP contribution in [-0.4, -0.2) is 19.1 Å². The summed E-state index contributed by atoms with van der Waals surface area (Å²) in [6.45, 7) is 0. The fourth-order valence-electron chi connectivity index (χ4n) is 9.28. The van der Waals surface area contributed by atoms with Gasteiger partial charge in [0.2, 0.25) is 0 Å². The maximum atomic E-state index is 5.36. The zero-order valence-corrected chi connectivity index (χ0v) is 29.0. The Labute approximate surface area is 306 Å². The number of hydrogen-bond donors (Lipinski definition) is 0. The summed E-state index contributed by atoms with van der Waals surface area (Å²) in [4.78, 5) is 10.7. The van der Waals surface area contributed by atoms with Crippen molar-refractivity contribution in [3.05, 3.63) is 158 Å². The van der Waals surface area contributed by atoms with E-state index < -0.39 is 0 Å². The molecule has 244 valence electrons. The highest BCUT2D eigenvalue weighted by atomic mass is 32.1. The number of para-hydroxylation sites is 4. The molecule has 53 heavy (non-hydrogen) atoms. The molecule has 0 aliphatic carbocycles. The summed E-state index contributed by atoms with van der Waals surface area (Å²) in [6, 6.07) is 57.3. The molecule has 0 saturated carbocycles. The quantitative estimate of drug-likeness (QED) is 0.172. The highest BCUT2D eigenvalue weighted by Gasteiger charge is 2.29. The van der Waals surface area contributed by atoms with Gasteiger partial charge in [0.15, 0.2) is 5.82 Å². The third-order valence-corrected chi connectivity index (χ3v) is 12.6. The molecule has 4 aromatic heterocycles. The van der Waals surface area contributed by atoms with Crippen molar-refractivity contribution in [2.24, 2.45) is 0 Å². The summed E-state index contributed by atoms with van der Waals surface area (Å²) in [5, 5.41) is 10.2. The van der Waals surface area contributed by atoms with Gasteiger partial charge >= 0.3 is 0 Å². The lowest BCUT2D eigenvalue weighted by molar-refractivity contribution is 1.08. The Kier molecular flexibility index (Phi) is 5.22. The third kappa shape index (κ3) is 3.50. The second-order valence-electron chi connectivity index (χ2n) is 14.1. The molecule has 0 atom stereocenters. The van der Waals surface area contributed by atoms with Crippen LogP contribution in [0.5, 0.6) is 0 Å². The summed E-state index contributed by atoms with van der Waals surface area (Å²) >= 11 is 1.90. The molecule has 4 nitrogen and oxygen atoms in total. The molecule has 12 aromatic rings. The Morgan fingerprint density at radius 3 is 1.83 bits per heavy atom. The van der Waals surface area contributed by atoms with E-state index in [1.54, 1.807) is 0 Å². The van der Waals surface area contributed by atoms with Crippen molar-refractivity contribution in [3.8, 4) is 33.9 Å². The summed E-state index contributed by atoms with van der Waals surface area (Å²) in [5.74, 6) is 0.865. The molecular weight excluding hydrogens is 665 g/mol. The topological polar surface area (TPSA) is 35.6 Å². The van der Waals surface area contributed by atoms with E-state index in [1.165, 1.54) is 69.1 Å². The molecule has 0 saturated heterocycles. The van der Waals surface area contributed by atoms with E-state index >= 15 is 0 Å². The van der Waals surface area contributed by atoms with Crippen molar-refractivity contribution in [1.29, 1.82) is 0 Å². The first kappa shape index (κ1) is 27.8. The maximum Gasteiger partial charge on any atom is 0.165 e. The molecule has 8 aromatic carbocycles. The summed E-state index contributed by atoms with van der Waals surface area (Å²) in [7, 11) is 0.